The van der Waals surface area contributed by atoms with Gasteiger partial charge in [-0.2, -0.15) is 0 Å². The van der Waals surface area contributed by atoms with Gasteiger partial charge in [0.25, 0.3) is 0 Å². The number of nitrogens with one attached hydrogen (secondary N) is 1. The molecule has 0 bridgehead atoms. The van der Waals surface area contributed by atoms with Gasteiger partial charge in [-0.05, 0) is 38.1 Å². The van der Waals surface area contributed by atoms with Gasteiger partial charge in [0.1, 0.15) is 0 Å². The molecule has 2 unspecified atom stereocenters. The lowest BCUT2D eigenvalue weighted by molar-refractivity contribution is 0.175. The van der Waals surface area contributed by atoms with Crippen LogP contribution in [0.4, 0.5) is 0 Å². The van der Waals surface area contributed by atoms with Crippen LogP contribution in [-0.4, -0.2) is 42.6 Å². The molecule has 0 saturated carbocycles. The van der Waals surface area contributed by atoms with Crippen LogP contribution in [0.2, 0.25) is 0 Å². The van der Waals surface area contributed by atoms with E-state index in [0.29, 0.717) is 6.04 Å². The van der Waals surface area contributed by atoms with Gasteiger partial charge in [-0.25, -0.2) is 0 Å². The molecule has 94 valence electrons. The Morgan fingerprint density at radius 1 is 1.47 bits per heavy atom. The molecule has 3 heteroatoms. The zero-order valence-corrected chi connectivity index (χ0v) is 10.9. The molecule has 0 spiro atoms. The van der Waals surface area contributed by atoms with Gasteiger partial charge in [0.05, 0.1) is 0 Å². The van der Waals surface area contributed by atoms with E-state index in [4.69, 9.17) is 0 Å². The van der Waals surface area contributed by atoms with E-state index in [1.807, 2.05) is 12.3 Å². The van der Waals surface area contributed by atoms with Crippen molar-refractivity contribution < 1.29 is 0 Å². The second-order valence-corrected chi connectivity index (χ2v) is 5.16. The molecular formula is C14H23N3. The number of hydrogen-bond donors (Lipinski definition) is 1. The Kier molecular flexibility index (Phi) is 4.51. The normalized spacial score (nSPS) is 26.0. The molecule has 1 fully saturated rings. The third kappa shape index (κ3) is 3.79. The van der Waals surface area contributed by atoms with Gasteiger partial charge in [-0.3, -0.25) is 4.98 Å². The van der Waals surface area contributed by atoms with Crippen LogP contribution in [0.25, 0.3) is 0 Å². The summed E-state index contributed by atoms with van der Waals surface area (Å²) in [6.07, 6.45) is 4.16. The number of nitrogens with zero attached hydrogens (tertiary/aromatic N) is 2. The van der Waals surface area contributed by atoms with Crippen LogP contribution >= 0.6 is 0 Å². The maximum absolute atomic E-state index is 4.34. The van der Waals surface area contributed by atoms with Crippen molar-refractivity contribution in [3.8, 4) is 0 Å². The molecule has 1 aromatic rings. The zero-order chi connectivity index (χ0) is 12.1. The van der Waals surface area contributed by atoms with E-state index in [9.17, 15) is 0 Å². The van der Waals surface area contributed by atoms with Crippen molar-refractivity contribution in [2.75, 3.05) is 26.7 Å². The highest BCUT2D eigenvalue weighted by Crippen LogP contribution is 2.15. The molecule has 0 radical (unpaired) electrons. The SMILES string of the molecule is CC1CN(C)CCC1NCCc1ccccn1. The van der Waals surface area contributed by atoms with Crippen LogP contribution in [0.5, 0.6) is 0 Å². The largest absolute Gasteiger partial charge is 0.313 e. The Morgan fingerprint density at radius 3 is 3.06 bits per heavy atom. The molecular weight excluding hydrogens is 210 g/mol. The van der Waals surface area contributed by atoms with Crippen LogP contribution in [0.3, 0.4) is 0 Å². The smallest absolute Gasteiger partial charge is 0.0416 e. The molecule has 17 heavy (non-hydrogen) atoms. The van der Waals surface area contributed by atoms with E-state index in [1.165, 1.54) is 25.2 Å². The molecule has 2 rings (SSSR count). The standard InChI is InChI=1S/C14H23N3/c1-12-11-17(2)10-7-14(12)16-9-6-13-5-3-4-8-15-13/h3-5,8,12,14,16H,6-7,9-11H2,1-2H3. The molecule has 2 atom stereocenters. The van der Waals surface area contributed by atoms with Gasteiger partial charge in [-0.1, -0.05) is 13.0 Å². The first-order valence-corrected chi connectivity index (χ1v) is 6.57. The highest BCUT2D eigenvalue weighted by atomic mass is 15.1. The summed E-state index contributed by atoms with van der Waals surface area (Å²) in [4.78, 5) is 6.76. The van der Waals surface area contributed by atoms with Crippen LogP contribution in [0.1, 0.15) is 19.0 Å². The molecule has 0 aliphatic carbocycles. The van der Waals surface area contributed by atoms with Crippen LogP contribution in [0, 0.1) is 5.92 Å². The third-order valence-electron chi connectivity index (χ3n) is 3.62. The van der Waals surface area contributed by atoms with Crippen molar-refractivity contribution in [1.82, 2.24) is 15.2 Å². The first kappa shape index (κ1) is 12.5. The van der Waals surface area contributed by atoms with Gasteiger partial charge in [0, 0.05) is 37.4 Å². The molecule has 1 aromatic heterocycles. The van der Waals surface area contributed by atoms with Crippen LogP contribution in [-0.2, 0) is 6.42 Å². The molecule has 1 aliphatic rings. The number of aromatic nitrogens is 1. The molecule has 3 nitrogen and oxygen atoms in total. The summed E-state index contributed by atoms with van der Waals surface area (Å²) >= 11 is 0. The van der Waals surface area contributed by atoms with Gasteiger partial charge >= 0.3 is 0 Å². The minimum absolute atomic E-state index is 0.676. The number of piperidine rings is 1. The highest BCUT2D eigenvalue weighted by Gasteiger charge is 2.23. The molecule has 2 heterocycles. The van der Waals surface area contributed by atoms with Crippen molar-refractivity contribution >= 4 is 0 Å². The second kappa shape index (κ2) is 6.12. The molecule has 0 amide bonds. The predicted octanol–water partition coefficient (Wildman–Crippen LogP) is 1.55. The topological polar surface area (TPSA) is 28.2 Å². The van der Waals surface area contributed by atoms with E-state index < -0.39 is 0 Å². The molecule has 1 saturated heterocycles. The average Bonchev–Trinajstić information content (AvgIpc) is 2.33. The lowest BCUT2D eigenvalue weighted by atomic mass is 9.94. The Morgan fingerprint density at radius 2 is 2.35 bits per heavy atom. The number of rotatable bonds is 4. The number of pyridine rings is 1. The predicted molar refractivity (Wildman–Crippen MR) is 71.0 cm³/mol. The first-order chi connectivity index (χ1) is 8.25. The number of hydrogen-bond acceptors (Lipinski definition) is 3. The van der Waals surface area contributed by atoms with Crippen molar-refractivity contribution in [3.63, 3.8) is 0 Å². The molecule has 1 aliphatic heterocycles. The van der Waals surface area contributed by atoms with Gasteiger partial charge in [0.2, 0.25) is 0 Å². The minimum Gasteiger partial charge on any atom is -0.313 e. The van der Waals surface area contributed by atoms with Crippen LogP contribution in [0.15, 0.2) is 24.4 Å². The summed E-state index contributed by atoms with van der Waals surface area (Å²) in [6, 6.07) is 6.80. The van der Waals surface area contributed by atoms with Crippen molar-refractivity contribution in [2.45, 2.75) is 25.8 Å². The summed E-state index contributed by atoms with van der Waals surface area (Å²) < 4.78 is 0. The van der Waals surface area contributed by atoms with E-state index in [1.54, 1.807) is 0 Å². The molecule has 0 aromatic carbocycles. The summed E-state index contributed by atoms with van der Waals surface area (Å²) in [5.74, 6) is 0.748. The Bertz CT molecular complexity index is 325. The summed E-state index contributed by atoms with van der Waals surface area (Å²) in [6.45, 7) is 5.80. The minimum atomic E-state index is 0.676. The summed E-state index contributed by atoms with van der Waals surface area (Å²) in [5.41, 5.74) is 1.18. The van der Waals surface area contributed by atoms with Crippen molar-refractivity contribution in [1.29, 1.82) is 0 Å². The van der Waals surface area contributed by atoms with Gasteiger partial charge in [-0.15, -0.1) is 0 Å². The fraction of sp³-hybridized carbons (Fsp3) is 0.643. The Hall–Kier alpha value is -0.930. The first-order valence-electron chi connectivity index (χ1n) is 6.57. The van der Waals surface area contributed by atoms with E-state index in [-0.39, 0.29) is 0 Å². The number of likely N-dealkylation sites (tertiary alicyclic amines) is 1. The summed E-state index contributed by atoms with van der Waals surface area (Å²) in [5, 5.41) is 3.67. The second-order valence-electron chi connectivity index (χ2n) is 5.16. The maximum atomic E-state index is 4.34. The highest BCUT2D eigenvalue weighted by molar-refractivity contribution is 5.03. The zero-order valence-electron chi connectivity index (χ0n) is 10.9. The molecule has 1 N–H and O–H groups in total. The monoisotopic (exact) mass is 233 g/mol. The van der Waals surface area contributed by atoms with E-state index in [0.717, 1.165) is 18.9 Å². The Labute approximate surface area is 104 Å². The summed E-state index contributed by atoms with van der Waals surface area (Å²) in [7, 11) is 2.21. The lowest BCUT2D eigenvalue weighted by Crippen LogP contribution is -2.47. The van der Waals surface area contributed by atoms with Gasteiger partial charge in [0.15, 0.2) is 0 Å². The van der Waals surface area contributed by atoms with Crippen LogP contribution < -0.4 is 5.32 Å². The fourth-order valence-electron chi connectivity index (χ4n) is 2.59. The quantitative estimate of drug-likeness (QED) is 0.855. The van der Waals surface area contributed by atoms with E-state index >= 15 is 0 Å². The lowest BCUT2D eigenvalue weighted by Gasteiger charge is -2.35. The fourth-order valence-corrected chi connectivity index (χ4v) is 2.59. The Balaban J connectivity index is 1.72. The average molecular weight is 233 g/mol. The van der Waals surface area contributed by atoms with E-state index in [2.05, 4.69) is 41.3 Å². The van der Waals surface area contributed by atoms with Gasteiger partial charge < -0.3 is 10.2 Å². The third-order valence-corrected chi connectivity index (χ3v) is 3.62. The van der Waals surface area contributed by atoms with Crippen molar-refractivity contribution in [2.24, 2.45) is 5.92 Å². The van der Waals surface area contributed by atoms with Crippen molar-refractivity contribution in [3.05, 3.63) is 30.1 Å². The maximum Gasteiger partial charge on any atom is 0.0416 e.